The first-order chi connectivity index (χ1) is 8.43. The third-order valence-electron chi connectivity index (χ3n) is 4.07. The fourth-order valence-corrected chi connectivity index (χ4v) is 2.56. The largest absolute Gasteiger partial charge is 0.339 e. The van der Waals surface area contributed by atoms with E-state index in [1.54, 1.807) is 6.92 Å². The molecular formula is C15H27NO2. The number of hydrogen-bond donors (Lipinski definition) is 0. The maximum absolute atomic E-state index is 12.5. The van der Waals surface area contributed by atoms with E-state index >= 15 is 0 Å². The van der Waals surface area contributed by atoms with Gasteiger partial charge in [-0.1, -0.05) is 33.6 Å². The van der Waals surface area contributed by atoms with Crippen molar-refractivity contribution in [2.24, 2.45) is 11.8 Å². The fourth-order valence-electron chi connectivity index (χ4n) is 2.56. The molecule has 1 saturated heterocycles. The molecule has 0 radical (unpaired) electrons. The van der Waals surface area contributed by atoms with Gasteiger partial charge in [-0.2, -0.15) is 0 Å². The molecule has 1 aliphatic heterocycles. The van der Waals surface area contributed by atoms with Gasteiger partial charge in [0.15, 0.2) is 0 Å². The Bertz CT molecular complexity index is 299. The second-order valence-electron chi connectivity index (χ2n) is 5.97. The Labute approximate surface area is 111 Å². The molecule has 1 rings (SSSR count). The number of rotatable bonds is 4. The first-order valence-electron chi connectivity index (χ1n) is 7.23. The number of amides is 1. The van der Waals surface area contributed by atoms with E-state index in [0.29, 0.717) is 12.3 Å². The fraction of sp³-hybridized carbons (Fsp3) is 0.867. The first-order valence-corrected chi connectivity index (χ1v) is 7.23. The van der Waals surface area contributed by atoms with Crippen LogP contribution < -0.4 is 0 Å². The van der Waals surface area contributed by atoms with Crippen molar-refractivity contribution in [1.29, 1.82) is 0 Å². The minimum Gasteiger partial charge on any atom is -0.339 e. The smallest absolute Gasteiger partial charge is 0.225 e. The van der Waals surface area contributed by atoms with Gasteiger partial charge in [-0.05, 0) is 25.7 Å². The zero-order valence-corrected chi connectivity index (χ0v) is 12.2. The second-order valence-corrected chi connectivity index (χ2v) is 5.97. The molecule has 1 heterocycles. The maximum atomic E-state index is 12.5. The Balaban J connectivity index is 2.78. The molecule has 1 amide bonds. The van der Waals surface area contributed by atoms with Crippen molar-refractivity contribution in [3.05, 3.63) is 0 Å². The van der Waals surface area contributed by atoms with E-state index in [0.717, 1.165) is 25.8 Å². The second kappa shape index (κ2) is 6.91. The molecule has 18 heavy (non-hydrogen) atoms. The van der Waals surface area contributed by atoms with E-state index in [-0.39, 0.29) is 23.7 Å². The van der Waals surface area contributed by atoms with Gasteiger partial charge in [-0.15, -0.1) is 0 Å². The lowest BCUT2D eigenvalue weighted by atomic mass is 9.95. The number of likely N-dealkylation sites (tertiary alicyclic amines) is 1. The molecule has 0 N–H and O–H groups in total. The molecule has 0 aliphatic carbocycles. The summed E-state index contributed by atoms with van der Waals surface area (Å²) in [5.74, 6) is 0.839. The molecule has 0 bridgehead atoms. The molecule has 1 aliphatic rings. The van der Waals surface area contributed by atoms with Crippen LogP contribution in [0.2, 0.25) is 0 Å². The minimum absolute atomic E-state index is 0.0533. The monoisotopic (exact) mass is 253 g/mol. The van der Waals surface area contributed by atoms with E-state index in [1.165, 1.54) is 6.42 Å². The highest BCUT2D eigenvalue weighted by molar-refractivity contribution is 5.81. The molecule has 2 unspecified atom stereocenters. The molecule has 0 spiro atoms. The van der Waals surface area contributed by atoms with Gasteiger partial charge in [0.1, 0.15) is 5.78 Å². The van der Waals surface area contributed by atoms with Gasteiger partial charge in [-0.25, -0.2) is 0 Å². The molecule has 0 saturated carbocycles. The third-order valence-corrected chi connectivity index (χ3v) is 4.07. The van der Waals surface area contributed by atoms with Crippen LogP contribution in [-0.2, 0) is 9.59 Å². The van der Waals surface area contributed by atoms with Crippen molar-refractivity contribution >= 4 is 11.7 Å². The summed E-state index contributed by atoms with van der Waals surface area (Å²) in [6, 6.07) is 0.138. The Morgan fingerprint density at radius 1 is 1.17 bits per heavy atom. The molecule has 104 valence electrons. The van der Waals surface area contributed by atoms with Crippen LogP contribution in [0.3, 0.4) is 0 Å². The van der Waals surface area contributed by atoms with Crippen LogP contribution in [0.25, 0.3) is 0 Å². The van der Waals surface area contributed by atoms with Crippen LogP contribution in [0.1, 0.15) is 59.8 Å². The quantitative estimate of drug-likeness (QED) is 0.772. The van der Waals surface area contributed by atoms with Gasteiger partial charge in [0, 0.05) is 24.9 Å². The molecular weight excluding hydrogens is 226 g/mol. The predicted octanol–water partition coefficient (Wildman–Crippen LogP) is 3.03. The normalized spacial score (nSPS) is 22.7. The minimum atomic E-state index is 0.0533. The Morgan fingerprint density at radius 2 is 1.83 bits per heavy atom. The van der Waals surface area contributed by atoms with Crippen molar-refractivity contribution in [1.82, 2.24) is 4.90 Å². The summed E-state index contributed by atoms with van der Waals surface area (Å²) in [5, 5.41) is 0. The Morgan fingerprint density at radius 3 is 2.39 bits per heavy atom. The first kappa shape index (κ1) is 15.2. The highest BCUT2D eigenvalue weighted by atomic mass is 16.2. The van der Waals surface area contributed by atoms with Crippen LogP contribution in [-0.4, -0.2) is 29.2 Å². The summed E-state index contributed by atoms with van der Waals surface area (Å²) in [4.78, 5) is 25.8. The number of nitrogens with zero attached hydrogens (tertiary/aromatic N) is 1. The summed E-state index contributed by atoms with van der Waals surface area (Å²) < 4.78 is 0. The highest BCUT2D eigenvalue weighted by Gasteiger charge is 2.30. The Hall–Kier alpha value is -0.860. The highest BCUT2D eigenvalue weighted by Crippen LogP contribution is 2.23. The number of ketones is 1. The van der Waals surface area contributed by atoms with E-state index in [4.69, 9.17) is 0 Å². The van der Waals surface area contributed by atoms with Gasteiger partial charge in [0.25, 0.3) is 0 Å². The average Bonchev–Trinajstić information content (AvgIpc) is 2.51. The Kier molecular flexibility index (Phi) is 5.83. The lowest BCUT2D eigenvalue weighted by Gasteiger charge is -2.33. The predicted molar refractivity (Wildman–Crippen MR) is 73.3 cm³/mol. The zero-order valence-electron chi connectivity index (χ0n) is 12.2. The van der Waals surface area contributed by atoms with Gasteiger partial charge < -0.3 is 4.90 Å². The summed E-state index contributed by atoms with van der Waals surface area (Å²) in [7, 11) is 0. The molecule has 3 nitrogen and oxygen atoms in total. The van der Waals surface area contributed by atoms with Crippen LogP contribution >= 0.6 is 0 Å². The van der Waals surface area contributed by atoms with Gasteiger partial charge in [0.05, 0.1) is 0 Å². The van der Waals surface area contributed by atoms with Crippen molar-refractivity contribution in [2.45, 2.75) is 65.8 Å². The van der Waals surface area contributed by atoms with E-state index in [9.17, 15) is 9.59 Å². The maximum Gasteiger partial charge on any atom is 0.225 e. The van der Waals surface area contributed by atoms with Crippen molar-refractivity contribution in [3.8, 4) is 0 Å². The molecule has 2 atom stereocenters. The molecule has 0 aromatic carbocycles. The standard InChI is InChI=1S/C15H27NO2/c1-11(2)13(4)15(18)16-9-7-5-6-8-14(16)10-12(3)17/h11,13-14H,5-10H2,1-4H3. The summed E-state index contributed by atoms with van der Waals surface area (Å²) >= 11 is 0. The molecule has 0 aromatic heterocycles. The van der Waals surface area contributed by atoms with Crippen LogP contribution in [0.4, 0.5) is 0 Å². The van der Waals surface area contributed by atoms with Crippen molar-refractivity contribution in [3.63, 3.8) is 0 Å². The van der Waals surface area contributed by atoms with Crippen LogP contribution in [0, 0.1) is 11.8 Å². The number of hydrogen-bond acceptors (Lipinski definition) is 2. The van der Waals surface area contributed by atoms with Gasteiger partial charge in [-0.3, -0.25) is 9.59 Å². The number of Topliss-reactive ketones (excluding diaryl/α,β-unsaturated/α-hetero) is 1. The third kappa shape index (κ3) is 4.11. The van der Waals surface area contributed by atoms with E-state index in [2.05, 4.69) is 13.8 Å². The van der Waals surface area contributed by atoms with Gasteiger partial charge in [0.2, 0.25) is 5.91 Å². The van der Waals surface area contributed by atoms with Gasteiger partial charge >= 0.3 is 0 Å². The average molecular weight is 253 g/mol. The van der Waals surface area contributed by atoms with Crippen LogP contribution in [0.5, 0.6) is 0 Å². The summed E-state index contributed by atoms with van der Waals surface area (Å²) in [5.41, 5.74) is 0. The van der Waals surface area contributed by atoms with Crippen molar-refractivity contribution in [2.75, 3.05) is 6.54 Å². The molecule has 1 fully saturated rings. The van der Waals surface area contributed by atoms with E-state index in [1.807, 2.05) is 11.8 Å². The molecule has 0 aromatic rings. The van der Waals surface area contributed by atoms with Crippen molar-refractivity contribution < 1.29 is 9.59 Å². The topological polar surface area (TPSA) is 37.4 Å². The SMILES string of the molecule is CC(=O)CC1CCCCCN1C(=O)C(C)C(C)C. The lowest BCUT2D eigenvalue weighted by molar-refractivity contribution is -0.139. The summed E-state index contributed by atoms with van der Waals surface area (Å²) in [6.07, 6.45) is 4.89. The number of carbonyl (C=O) groups excluding carboxylic acids is 2. The molecule has 3 heteroatoms. The lowest BCUT2D eigenvalue weighted by Crippen LogP contribution is -2.44. The van der Waals surface area contributed by atoms with E-state index < -0.39 is 0 Å². The summed E-state index contributed by atoms with van der Waals surface area (Å²) in [6.45, 7) is 8.62. The number of carbonyl (C=O) groups is 2. The van der Waals surface area contributed by atoms with Crippen LogP contribution in [0.15, 0.2) is 0 Å². The zero-order chi connectivity index (χ0) is 13.7.